The zero-order chi connectivity index (χ0) is 17.4. The Kier molecular flexibility index (Phi) is 4.65. The number of likely N-dealkylation sites (tertiary alicyclic amines) is 1. The van der Waals surface area contributed by atoms with E-state index in [4.69, 9.17) is 9.40 Å². The molecule has 1 aliphatic heterocycles. The molecule has 2 heterocycles. The quantitative estimate of drug-likeness (QED) is 0.539. The van der Waals surface area contributed by atoms with Crippen LogP contribution >= 0.6 is 15.9 Å². The Labute approximate surface area is 157 Å². The van der Waals surface area contributed by atoms with Crippen LogP contribution in [0.3, 0.4) is 0 Å². The van der Waals surface area contributed by atoms with E-state index in [0.717, 1.165) is 27.7 Å². The van der Waals surface area contributed by atoms with Crippen LogP contribution in [-0.2, 0) is 6.54 Å². The van der Waals surface area contributed by atoms with Crippen molar-refractivity contribution in [3.05, 3.63) is 52.5 Å². The Hall–Kier alpha value is -1.65. The van der Waals surface area contributed by atoms with Crippen LogP contribution in [0.25, 0.3) is 22.6 Å². The molecule has 0 radical (unpaired) electrons. The zero-order valence-electron chi connectivity index (χ0n) is 14.7. The molecule has 0 unspecified atom stereocenters. The maximum atomic E-state index is 5.95. The third kappa shape index (κ3) is 3.51. The van der Waals surface area contributed by atoms with Crippen LogP contribution in [0, 0.1) is 0 Å². The van der Waals surface area contributed by atoms with Crippen molar-refractivity contribution in [1.82, 2.24) is 9.88 Å². The molecule has 1 fully saturated rings. The minimum Gasteiger partial charge on any atom is -0.436 e. The van der Waals surface area contributed by atoms with Crippen molar-refractivity contribution in [2.45, 2.75) is 51.7 Å². The molecule has 0 bridgehead atoms. The van der Waals surface area contributed by atoms with E-state index in [-0.39, 0.29) is 0 Å². The molecule has 3 aromatic rings. The molecule has 2 atom stereocenters. The molecule has 0 saturated carbocycles. The first-order valence-electron chi connectivity index (χ1n) is 9.01. The topological polar surface area (TPSA) is 29.3 Å². The normalized spacial score (nSPS) is 21.7. The summed E-state index contributed by atoms with van der Waals surface area (Å²) in [5, 5.41) is 0. The second-order valence-corrected chi connectivity index (χ2v) is 8.05. The number of hydrogen-bond acceptors (Lipinski definition) is 3. The second kappa shape index (κ2) is 6.93. The average Bonchev–Trinajstić information content (AvgIpc) is 3.02. The van der Waals surface area contributed by atoms with Gasteiger partial charge in [-0.2, -0.15) is 0 Å². The SMILES string of the molecule is C[C@H]1CCC[C@H](C)N1Cc1ccc2oc(-c3cccc(Br)c3)nc2c1. The van der Waals surface area contributed by atoms with Gasteiger partial charge in [-0.3, -0.25) is 4.90 Å². The van der Waals surface area contributed by atoms with Gasteiger partial charge in [0.05, 0.1) is 0 Å². The maximum absolute atomic E-state index is 5.95. The van der Waals surface area contributed by atoms with Crippen LogP contribution in [0.2, 0.25) is 0 Å². The molecular formula is C21H23BrN2O. The van der Waals surface area contributed by atoms with E-state index >= 15 is 0 Å². The molecule has 4 rings (SSSR count). The number of oxazole rings is 1. The number of rotatable bonds is 3. The van der Waals surface area contributed by atoms with Crippen LogP contribution in [-0.4, -0.2) is 22.0 Å². The molecule has 0 spiro atoms. The van der Waals surface area contributed by atoms with Gasteiger partial charge in [-0.15, -0.1) is 0 Å². The smallest absolute Gasteiger partial charge is 0.227 e. The first-order chi connectivity index (χ1) is 12.1. The van der Waals surface area contributed by atoms with Gasteiger partial charge >= 0.3 is 0 Å². The van der Waals surface area contributed by atoms with Crippen LogP contribution < -0.4 is 0 Å². The van der Waals surface area contributed by atoms with Crippen molar-refractivity contribution >= 4 is 27.0 Å². The second-order valence-electron chi connectivity index (χ2n) is 7.13. The van der Waals surface area contributed by atoms with Crippen molar-refractivity contribution in [3.63, 3.8) is 0 Å². The van der Waals surface area contributed by atoms with Gasteiger partial charge in [-0.1, -0.05) is 34.5 Å². The number of benzene rings is 2. The molecule has 3 nitrogen and oxygen atoms in total. The predicted molar refractivity (Wildman–Crippen MR) is 105 cm³/mol. The fourth-order valence-electron chi connectivity index (χ4n) is 3.81. The summed E-state index contributed by atoms with van der Waals surface area (Å²) in [4.78, 5) is 7.32. The number of fused-ring (bicyclic) bond motifs is 1. The van der Waals surface area contributed by atoms with Gasteiger partial charge in [-0.05, 0) is 62.6 Å². The van der Waals surface area contributed by atoms with Gasteiger partial charge in [0.2, 0.25) is 5.89 Å². The monoisotopic (exact) mass is 398 g/mol. The number of hydrogen-bond donors (Lipinski definition) is 0. The Bertz CT molecular complexity index is 878. The van der Waals surface area contributed by atoms with Crippen molar-refractivity contribution in [2.24, 2.45) is 0 Å². The Morgan fingerprint density at radius 3 is 2.68 bits per heavy atom. The largest absolute Gasteiger partial charge is 0.436 e. The summed E-state index contributed by atoms with van der Waals surface area (Å²) >= 11 is 3.51. The van der Waals surface area contributed by atoms with E-state index in [9.17, 15) is 0 Å². The highest BCUT2D eigenvalue weighted by atomic mass is 79.9. The van der Waals surface area contributed by atoms with E-state index in [2.05, 4.69) is 52.9 Å². The van der Waals surface area contributed by atoms with Gasteiger partial charge in [0, 0.05) is 28.7 Å². The van der Waals surface area contributed by atoms with Crippen molar-refractivity contribution in [3.8, 4) is 11.5 Å². The summed E-state index contributed by atoms with van der Waals surface area (Å²) in [6.45, 7) is 5.67. The van der Waals surface area contributed by atoms with Gasteiger partial charge in [0.1, 0.15) is 5.52 Å². The number of nitrogens with zero attached hydrogens (tertiary/aromatic N) is 2. The lowest BCUT2D eigenvalue weighted by molar-refractivity contribution is 0.0953. The summed E-state index contributed by atoms with van der Waals surface area (Å²) in [7, 11) is 0. The lowest BCUT2D eigenvalue weighted by atomic mass is 9.97. The zero-order valence-corrected chi connectivity index (χ0v) is 16.3. The highest BCUT2D eigenvalue weighted by Gasteiger charge is 2.24. The van der Waals surface area contributed by atoms with E-state index in [1.807, 2.05) is 24.3 Å². The molecule has 25 heavy (non-hydrogen) atoms. The molecule has 4 heteroatoms. The molecule has 1 aromatic heterocycles. The standard InChI is InChI=1S/C21H23BrN2O/c1-14-5-3-6-15(2)24(14)13-16-9-10-20-19(11-16)23-21(25-20)17-7-4-8-18(22)12-17/h4,7-12,14-15H,3,5-6,13H2,1-2H3/t14-,15-/m0/s1. The average molecular weight is 399 g/mol. The minimum atomic E-state index is 0.647. The van der Waals surface area contributed by atoms with Gasteiger partial charge in [0.25, 0.3) is 0 Å². The fraction of sp³-hybridized carbons (Fsp3) is 0.381. The first-order valence-corrected chi connectivity index (χ1v) is 9.80. The highest BCUT2D eigenvalue weighted by molar-refractivity contribution is 9.10. The number of aromatic nitrogens is 1. The highest BCUT2D eigenvalue weighted by Crippen LogP contribution is 2.29. The van der Waals surface area contributed by atoms with Crippen LogP contribution in [0.1, 0.15) is 38.7 Å². The maximum Gasteiger partial charge on any atom is 0.227 e. The molecule has 2 aromatic carbocycles. The molecule has 130 valence electrons. The van der Waals surface area contributed by atoms with Gasteiger partial charge in [0.15, 0.2) is 5.58 Å². The summed E-state index contributed by atoms with van der Waals surface area (Å²) in [6.07, 6.45) is 3.93. The van der Waals surface area contributed by atoms with E-state index < -0.39 is 0 Å². The summed E-state index contributed by atoms with van der Waals surface area (Å²) in [6, 6.07) is 15.8. The Morgan fingerprint density at radius 1 is 1.12 bits per heavy atom. The summed E-state index contributed by atoms with van der Waals surface area (Å²) in [5.41, 5.74) is 4.08. The van der Waals surface area contributed by atoms with E-state index in [1.54, 1.807) is 0 Å². The number of piperidine rings is 1. The molecule has 1 saturated heterocycles. The third-order valence-corrected chi connectivity index (χ3v) is 5.76. The van der Waals surface area contributed by atoms with Crippen molar-refractivity contribution in [1.29, 1.82) is 0 Å². The van der Waals surface area contributed by atoms with Crippen LogP contribution in [0.4, 0.5) is 0 Å². The summed E-state index contributed by atoms with van der Waals surface area (Å²) < 4.78 is 6.98. The molecule has 0 N–H and O–H groups in total. The van der Waals surface area contributed by atoms with Crippen LogP contribution in [0.15, 0.2) is 51.4 Å². The molecule has 1 aliphatic rings. The van der Waals surface area contributed by atoms with E-state index in [0.29, 0.717) is 18.0 Å². The van der Waals surface area contributed by atoms with Crippen molar-refractivity contribution < 1.29 is 4.42 Å². The fourth-order valence-corrected chi connectivity index (χ4v) is 4.21. The Balaban J connectivity index is 1.62. The Morgan fingerprint density at radius 2 is 1.92 bits per heavy atom. The van der Waals surface area contributed by atoms with Gasteiger partial charge in [-0.25, -0.2) is 4.98 Å². The third-order valence-electron chi connectivity index (χ3n) is 5.26. The van der Waals surface area contributed by atoms with Crippen molar-refractivity contribution in [2.75, 3.05) is 0 Å². The lowest BCUT2D eigenvalue weighted by Crippen LogP contribution is -2.42. The van der Waals surface area contributed by atoms with Crippen LogP contribution in [0.5, 0.6) is 0 Å². The first kappa shape index (κ1) is 16.8. The lowest BCUT2D eigenvalue weighted by Gasteiger charge is -2.39. The number of halogens is 1. The molecule has 0 amide bonds. The molecule has 0 aliphatic carbocycles. The predicted octanol–water partition coefficient (Wildman–Crippen LogP) is 6.02. The minimum absolute atomic E-state index is 0.647. The summed E-state index contributed by atoms with van der Waals surface area (Å²) in [5.74, 6) is 0.674. The van der Waals surface area contributed by atoms with Gasteiger partial charge < -0.3 is 4.42 Å². The van der Waals surface area contributed by atoms with E-state index in [1.165, 1.54) is 24.8 Å². The molecular weight excluding hydrogens is 376 g/mol.